The number of nitrogens with zero attached hydrogens (tertiary/aromatic N) is 4. The van der Waals surface area contributed by atoms with Crippen LogP contribution in [-0.2, 0) is 0 Å². The number of carboxylic acid groups (broad SMARTS) is 1. The van der Waals surface area contributed by atoms with E-state index < -0.39 is 11.8 Å². The number of benzene rings is 1. The summed E-state index contributed by atoms with van der Waals surface area (Å²) in [5.41, 5.74) is 0.646. The number of rotatable bonds is 2. The number of tetrazole rings is 1. The molecular formula is C8H5KN4O2. The molecule has 0 radical (unpaired) electrons. The van der Waals surface area contributed by atoms with Crippen LogP contribution in [0.2, 0.25) is 0 Å². The van der Waals surface area contributed by atoms with Gasteiger partial charge in [-0.25, -0.2) is 0 Å². The van der Waals surface area contributed by atoms with Crippen LogP contribution in [0.5, 0.6) is 0 Å². The first kappa shape index (κ1) is 12.5. The number of aromatic nitrogens is 4. The third kappa shape index (κ3) is 2.92. The monoisotopic (exact) mass is 228 g/mol. The van der Waals surface area contributed by atoms with Gasteiger partial charge in [-0.3, -0.25) is 0 Å². The average molecular weight is 228 g/mol. The molecule has 0 aliphatic carbocycles. The van der Waals surface area contributed by atoms with E-state index in [4.69, 9.17) is 0 Å². The second kappa shape index (κ2) is 5.47. The van der Waals surface area contributed by atoms with Crippen molar-refractivity contribution >= 4 is 5.97 Å². The molecule has 0 bridgehead atoms. The molecular weight excluding hydrogens is 223 g/mol. The van der Waals surface area contributed by atoms with Crippen LogP contribution in [0.3, 0.4) is 0 Å². The molecule has 15 heavy (non-hydrogen) atoms. The molecule has 0 unspecified atom stereocenters. The summed E-state index contributed by atoms with van der Waals surface area (Å²) in [7, 11) is 0. The topological polar surface area (TPSA) is 83.7 Å². The van der Waals surface area contributed by atoms with Gasteiger partial charge in [0.25, 0.3) is 0 Å². The summed E-state index contributed by atoms with van der Waals surface area (Å²) in [4.78, 5) is 11.5. The smallest absolute Gasteiger partial charge is 0.541 e. The fourth-order valence-electron chi connectivity index (χ4n) is 0.967. The van der Waals surface area contributed by atoms with Crippen LogP contribution in [0, 0.1) is 0 Å². The molecule has 1 aromatic carbocycles. The molecule has 6 nitrogen and oxygen atoms in total. The van der Waals surface area contributed by atoms with Gasteiger partial charge in [0.15, 0.2) is 0 Å². The standard InChI is InChI=1S/C8H6N4O2.K/c13-8(14)7-9-11-12(10-7)6-4-2-1-3-5-6;/h1-5H,(H,13,14);/q;+1/p-1. The Balaban J connectivity index is 0.00000112. The Kier molecular flexibility index (Phi) is 4.55. The quantitative estimate of drug-likeness (QED) is 0.490. The van der Waals surface area contributed by atoms with Crippen molar-refractivity contribution in [3.8, 4) is 5.69 Å². The summed E-state index contributed by atoms with van der Waals surface area (Å²) in [6.45, 7) is 0. The molecule has 0 aliphatic heterocycles. The molecule has 70 valence electrons. The molecule has 0 amide bonds. The maximum Gasteiger partial charge on any atom is 1.00 e. The van der Waals surface area contributed by atoms with Crippen molar-refractivity contribution in [3.63, 3.8) is 0 Å². The van der Waals surface area contributed by atoms with Crippen molar-refractivity contribution in [2.75, 3.05) is 0 Å². The SMILES string of the molecule is O=C([O-])c1nnn(-c2ccccc2)n1.[K+]. The molecule has 2 aromatic rings. The number of hydrogen-bond acceptors (Lipinski definition) is 5. The normalized spacial score (nSPS) is 9.33. The predicted octanol–water partition coefficient (Wildman–Crippen LogP) is -3.97. The van der Waals surface area contributed by atoms with Gasteiger partial charge in [-0.1, -0.05) is 18.2 Å². The van der Waals surface area contributed by atoms with Crippen molar-refractivity contribution < 1.29 is 61.3 Å². The van der Waals surface area contributed by atoms with Crippen LogP contribution in [-0.4, -0.2) is 26.2 Å². The number of carboxylic acids is 1. The van der Waals surface area contributed by atoms with Crippen LogP contribution in [0.1, 0.15) is 10.6 Å². The molecule has 0 fully saturated rings. The Hall–Kier alpha value is -0.604. The summed E-state index contributed by atoms with van der Waals surface area (Å²) in [6, 6.07) is 8.89. The van der Waals surface area contributed by atoms with E-state index in [0.29, 0.717) is 5.69 Å². The Bertz CT molecular complexity index is 457. The second-order valence-corrected chi connectivity index (χ2v) is 2.53. The molecule has 2 rings (SSSR count). The molecule has 0 saturated carbocycles. The summed E-state index contributed by atoms with van der Waals surface area (Å²) >= 11 is 0. The predicted molar refractivity (Wildman–Crippen MR) is 43.5 cm³/mol. The van der Waals surface area contributed by atoms with Crippen molar-refractivity contribution in [1.82, 2.24) is 20.2 Å². The first-order valence-corrected chi connectivity index (χ1v) is 3.84. The third-order valence-corrected chi connectivity index (χ3v) is 1.58. The molecule has 0 atom stereocenters. The zero-order valence-corrected chi connectivity index (χ0v) is 11.1. The van der Waals surface area contributed by atoms with Crippen LogP contribution in [0.15, 0.2) is 30.3 Å². The fourth-order valence-corrected chi connectivity index (χ4v) is 0.967. The minimum atomic E-state index is -1.44. The number of para-hydroxylation sites is 1. The van der Waals surface area contributed by atoms with E-state index in [1.807, 2.05) is 6.07 Å². The van der Waals surface area contributed by atoms with Gasteiger partial charge in [0.05, 0.1) is 5.69 Å². The summed E-state index contributed by atoms with van der Waals surface area (Å²) < 4.78 is 0. The molecule has 1 heterocycles. The van der Waals surface area contributed by atoms with E-state index in [-0.39, 0.29) is 51.4 Å². The van der Waals surface area contributed by atoms with E-state index >= 15 is 0 Å². The molecule has 0 N–H and O–H groups in total. The molecule has 0 spiro atoms. The third-order valence-electron chi connectivity index (χ3n) is 1.58. The van der Waals surface area contributed by atoms with Crippen molar-refractivity contribution in [2.45, 2.75) is 0 Å². The van der Waals surface area contributed by atoms with Crippen molar-refractivity contribution in [2.24, 2.45) is 0 Å². The van der Waals surface area contributed by atoms with Gasteiger partial charge in [-0.05, 0) is 17.3 Å². The molecule has 7 heteroatoms. The minimum Gasteiger partial charge on any atom is -0.541 e. The average Bonchev–Trinajstić information content (AvgIpc) is 2.68. The largest absolute Gasteiger partial charge is 1.00 e. The van der Waals surface area contributed by atoms with Gasteiger partial charge in [0, 0.05) is 0 Å². The Morgan fingerprint density at radius 1 is 1.27 bits per heavy atom. The number of carbonyl (C=O) groups is 1. The zero-order valence-electron chi connectivity index (χ0n) is 7.99. The Morgan fingerprint density at radius 2 is 1.93 bits per heavy atom. The molecule has 0 aliphatic rings. The maximum atomic E-state index is 10.4. The van der Waals surface area contributed by atoms with E-state index in [1.54, 1.807) is 24.3 Å². The van der Waals surface area contributed by atoms with E-state index in [9.17, 15) is 9.90 Å². The molecule has 1 aromatic heterocycles. The van der Waals surface area contributed by atoms with Crippen LogP contribution in [0.4, 0.5) is 0 Å². The van der Waals surface area contributed by atoms with Gasteiger partial charge in [0.1, 0.15) is 5.97 Å². The van der Waals surface area contributed by atoms with Crippen molar-refractivity contribution in [1.29, 1.82) is 0 Å². The first-order valence-electron chi connectivity index (χ1n) is 3.84. The number of hydrogen-bond donors (Lipinski definition) is 0. The van der Waals surface area contributed by atoms with E-state index in [1.165, 1.54) is 0 Å². The maximum absolute atomic E-state index is 10.4. The van der Waals surface area contributed by atoms with Gasteiger partial charge in [-0.15, -0.1) is 15.0 Å². The summed E-state index contributed by atoms with van der Waals surface area (Å²) in [5.74, 6) is -1.86. The molecule has 0 saturated heterocycles. The van der Waals surface area contributed by atoms with Gasteiger partial charge in [-0.2, -0.15) is 0 Å². The van der Waals surface area contributed by atoms with E-state index in [2.05, 4.69) is 15.4 Å². The van der Waals surface area contributed by atoms with Gasteiger partial charge >= 0.3 is 51.4 Å². The Morgan fingerprint density at radius 3 is 2.47 bits per heavy atom. The van der Waals surface area contributed by atoms with E-state index in [0.717, 1.165) is 4.80 Å². The number of aromatic carboxylic acids is 1. The van der Waals surface area contributed by atoms with Gasteiger partial charge < -0.3 is 9.90 Å². The fraction of sp³-hybridized carbons (Fsp3) is 0. The number of carbonyl (C=O) groups excluding carboxylic acids is 1. The van der Waals surface area contributed by atoms with Crippen LogP contribution in [0.25, 0.3) is 5.69 Å². The summed E-state index contributed by atoms with van der Waals surface area (Å²) in [5, 5.41) is 20.8. The van der Waals surface area contributed by atoms with Crippen molar-refractivity contribution in [3.05, 3.63) is 36.2 Å². The second-order valence-electron chi connectivity index (χ2n) is 2.53. The Labute approximate surface area is 128 Å². The van der Waals surface area contributed by atoms with Gasteiger partial charge in [0.2, 0.25) is 5.82 Å². The zero-order chi connectivity index (χ0) is 9.97. The van der Waals surface area contributed by atoms with Crippen LogP contribution >= 0.6 is 0 Å². The minimum absolute atomic E-state index is 0. The first-order chi connectivity index (χ1) is 6.77. The van der Waals surface area contributed by atoms with Crippen LogP contribution < -0.4 is 56.5 Å². The summed E-state index contributed by atoms with van der Waals surface area (Å²) in [6.07, 6.45) is 0.